The highest BCUT2D eigenvalue weighted by Crippen LogP contribution is 2.36. The molecule has 1 N–H and O–H groups in total. The second-order valence-electron chi connectivity index (χ2n) is 5.96. The van der Waals surface area contributed by atoms with Gasteiger partial charge in [-0.1, -0.05) is 18.5 Å². The predicted molar refractivity (Wildman–Crippen MR) is 84.5 cm³/mol. The average Bonchev–Trinajstić information content (AvgIpc) is 2.47. The van der Waals surface area contributed by atoms with Gasteiger partial charge in [0.15, 0.2) is 0 Å². The summed E-state index contributed by atoms with van der Waals surface area (Å²) in [4.78, 5) is 13.9. The number of nitrogens with zero attached hydrogens (tertiary/aromatic N) is 1. The third-order valence-corrected chi connectivity index (χ3v) is 4.28. The second-order valence-corrected chi connectivity index (χ2v) is 6.36. The molecule has 1 amide bonds. The Morgan fingerprint density at radius 3 is 2.83 bits per heavy atom. The quantitative estimate of drug-likeness (QED) is 0.873. The molecule has 1 heterocycles. The number of alkyl halides is 3. The van der Waals surface area contributed by atoms with E-state index in [0.29, 0.717) is 18.2 Å². The van der Waals surface area contributed by atoms with E-state index in [1.165, 1.54) is 12.1 Å². The third kappa shape index (κ3) is 5.03. The van der Waals surface area contributed by atoms with Gasteiger partial charge in [-0.15, -0.1) is 0 Å². The molecule has 0 aliphatic carbocycles. The van der Waals surface area contributed by atoms with Gasteiger partial charge in [-0.2, -0.15) is 13.2 Å². The van der Waals surface area contributed by atoms with Crippen LogP contribution in [0.4, 0.5) is 18.9 Å². The largest absolute Gasteiger partial charge is 0.417 e. The number of nitrogens with one attached hydrogen (secondary N) is 1. The minimum absolute atomic E-state index is 0.0362. The molecule has 0 spiro atoms. The Morgan fingerprint density at radius 1 is 1.43 bits per heavy atom. The zero-order valence-electron chi connectivity index (χ0n) is 12.9. The molecule has 3 nitrogen and oxygen atoms in total. The maximum absolute atomic E-state index is 12.8. The molecule has 1 fully saturated rings. The van der Waals surface area contributed by atoms with Crippen LogP contribution in [0.3, 0.4) is 0 Å². The summed E-state index contributed by atoms with van der Waals surface area (Å²) in [6.45, 7) is 3.94. The zero-order valence-corrected chi connectivity index (χ0v) is 13.7. The minimum Gasteiger partial charge on any atom is -0.385 e. The zero-order chi connectivity index (χ0) is 17.0. The summed E-state index contributed by atoms with van der Waals surface area (Å²) < 4.78 is 38.4. The number of carbonyl (C=O) groups excluding carboxylic acids is 1. The molecule has 0 saturated carbocycles. The Labute approximate surface area is 138 Å². The minimum atomic E-state index is -4.49. The Balaban J connectivity index is 1.88. The fraction of sp³-hybridized carbons (Fsp3) is 0.562. The van der Waals surface area contributed by atoms with Crippen LogP contribution in [0.25, 0.3) is 0 Å². The standard InChI is InChI=1S/C16H20ClF3N2O/c1-11-3-2-8-22(10-11)15(23)6-7-21-12-4-5-14(17)13(9-12)16(18,19)20/h4-5,9,11,21H,2-3,6-8,10H2,1H3. The van der Waals surface area contributed by atoms with Crippen molar-refractivity contribution in [3.63, 3.8) is 0 Å². The summed E-state index contributed by atoms with van der Waals surface area (Å²) >= 11 is 5.57. The van der Waals surface area contributed by atoms with Crippen molar-refractivity contribution in [3.05, 3.63) is 28.8 Å². The van der Waals surface area contributed by atoms with Crippen LogP contribution in [0.2, 0.25) is 5.02 Å². The van der Waals surface area contributed by atoms with Crippen molar-refractivity contribution < 1.29 is 18.0 Å². The van der Waals surface area contributed by atoms with E-state index in [0.717, 1.165) is 32.0 Å². The molecule has 1 aromatic rings. The maximum Gasteiger partial charge on any atom is 0.417 e. The van der Waals surface area contributed by atoms with Crippen LogP contribution < -0.4 is 5.32 Å². The van der Waals surface area contributed by atoms with Crippen molar-refractivity contribution in [2.45, 2.75) is 32.4 Å². The molecule has 1 aromatic carbocycles. The molecule has 0 bridgehead atoms. The van der Waals surface area contributed by atoms with Crippen LogP contribution in [0.1, 0.15) is 31.7 Å². The summed E-state index contributed by atoms with van der Waals surface area (Å²) in [7, 11) is 0. The molecule has 0 aromatic heterocycles. The van der Waals surface area contributed by atoms with Gasteiger partial charge in [0.1, 0.15) is 0 Å². The lowest BCUT2D eigenvalue weighted by molar-refractivity contribution is -0.137. The highest BCUT2D eigenvalue weighted by atomic mass is 35.5. The van der Waals surface area contributed by atoms with Gasteiger partial charge >= 0.3 is 6.18 Å². The smallest absolute Gasteiger partial charge is 0.385 e. The van der Waals surface area contributed by atoms with Gasteiger partial charge in [0.2, 0.25) is 5.91 Å². The van der Waals surface area contributed by atoms with Crippen molar-refractivity contribution in [3.8, 4) is 0 Å². The van der Waals surface area contributed by atoms with E-state index in [-0.39, 0.29) is 17.4 Å². The SMILES string of the molecule is CC1CCCN(C(=O)CCNc2ccc(Cl)c(C(F)(F)F)c2)C1. The highest BCUT2D eigenvalue weighted by Gasteiger charge is 2.33. The van der Waals surface area contributed by atoms with Gasteiger partial charge < -0.3 is 10.2 Å². The Morgan fingerprint density at radius 2 is 2.17 bits per heavy atom. The second kappa shape index (κ2) is 7.43. The molecule has 1 aliphatic heterocycles. The summed E-state index contributed by atoms with van der Waals surface area (Å²) in [5.74, 6) is 0.542. The van der Waals surface area contributed by atoms with E-state index in [1.807, 2.05) is 4.90 Å². The fourth-order valence-corrected chi connectivity index (χ4v) is 2.96. The highest BCUT2D eigenvalue weighted by molar-refractivity contribution is 6.31. The number of hydrogen-bond donors (Lipinski definition) is 1. The number of amides is 1. The lowest BCUT2D eigenvalue weighted by atomic mass is 10.00. The lowest BCUT2D eigenvalue weighted by Gasteiger charge is -2.31. The van der Waals surface area contributed by atoms with E-state index in [9.17, 15) is 18.0 Å². The molecular weight excluding hydrogens is 329 g/mol. The number of hydrogen-bond acceptors (Lipinski definition) is 2. The molecular formula is C16H20ClF3N2O. The molecule has 0 radical (unpaired) electrons. The van der Waals surface area contributed by atoms with Gasteiger partial charge in [0.05, 0.1) is 10.6 Å². The van der Waals surface area contributed by atoms with E-state index in [1.54, 1.807) is 0 Å². The van der Waals surface area contributed by atoms with Gasteiger partial charge in [-0.25, -0.2) is 0 Å². The van der Waals surface area contributed by atoms with Crippen LogP contribution >= 0.6 is 11.6 Å². The Bertz CT molecular complexity index is 563. The Hall–Kier alpha value is -1.43. The molecule has 7 heteroatoms. The number of piperidine rings is 1. The normalized spacial score (nSPS) is 18.8. The first-order valence-electron chi connectivity index (χ1n) is 7.66. The van der Waals surface area contributed by atoms with Crippen LogP contribution in [-0.2, 0) is 11.0 Å². The molecule has 1 saturated heterocycles. The van der Waals surface area contributed by atoms with Gasteiger partial charge in [-0.05, 0) is 37.0 Å². The maximum atomic E-state index is 12.8. The number of benzene rings is 1. The molecule has 1 aliphatic rings. The van der Waals surface area contributed by atoms with Crippen molar-refractivity contribution in [2.24, 2.45) is 5.92 Å². The summed E-state index contributed by atoms with van der Waals surface area (Å²) in [6, 6.07) is 3.65. The average molecular weight is 349 g/mol. The molecule has 2 rings (SSSR count). The van der Waals surface area contributed by atoms with Crippen LogP contribution in [-0.4, -0.2) is 30.4 Å². The summed E-state index contributed by atoms with van der Waals surface area (Å²) in [6.07, 6.45) is -2.09. The van der Waals surface area contributed by atoms with Crippen LogP contribution in [0.15, 0.2) is 18.2 Å². The van der Waals surface area contributed by atoms with Crippen molar-refractivity contribution in [1.29, 1.82) is 0 Å². The van der Waals surface area contributed by atoms with E-state index >= 15 is 0 Å². The monoisotopic (exact) mass is 348 g/mol. The van der Waals surface area contributed by atoms with E-state index in [4.69, 9.17) is 11.6 Å². The van der Waals surface area contributed by atoms with E-state index < -0.39 is 11.7 Å². The van der Waals surface area contributed by atoms with Crippen molar-refractivity contribution >= 4 is 23.2 Å². The molecule has 23 heavy (non-hydrogen) atoms. The lowest BCUT2D eigenvalue weighted by Crippen LogP contribution is -2.39. The molecule has 1 unspecified atom stereocenters. The van der Waals surface area contributed by atoms with Gasteiger partial charge in [0.25, 0.3) is 0 Å². The third-order valence-electron chi connectivity index (χ3n) is 3.95. The van der Waals surface area contributed by atoms with Crippen LogP contribution in [0.5, 0.6) is 0 Å². The van der Waals surface area contributed by atoms with Gasteiger partial charge in [-0.3, -0.25) is 4.79 Å². The first-order chi connectivity index (χ1) is 10.8. The summed E-state index contributed by atoms with van der Waals surface area (Å²) in [5, 5.41) is 2.53. The first kappa shape index (κ1) is 17.9. The predicted octanol–water partition coefficient (Wildman–Crippen LogP) is 4.42. The van der Waals surface area contributed by atoms with Crippen LogP contribution in [0, 0.1) is 5.92 Å². The Kier molecular flexibility index (Phi) is 5.79. The number of likely N-dealkylation sites (tertiary alicyclic amines) is 1. The molecule has 1 atom stereocenters. The fourth-order valence-electron chi connectivity index (χ4n) is 2.74. The summed E-state index contributed by atoms with van der Waals surface area (Å²) in [5.41, 5.74) is -0.568. The molecule has 128 valence electrons. The number of carbonyl (C=O) groups is 1. The van der Waals surface area contributed by atoms with E-state index in [2.05, 4.69) is 12.2 Å². The van der Waals surface area contributed by atoms with Gasteiger partial charge in [0, 0.05) is 31.7 Å². The number of halogens is 4. The number of anilines is 1. The first-order valence-corrected chi connectivity index (χ1v) is 8.03. The van der Waals surface area contributed by atoms with Crippen molar-refractivity contribution in [2.75, 3.05) is 25.0 Å². The number of rotatable bonds is 4. The topological polar surface area (TPSA) is 32.3 Å². The van der Waals surface area contributed by atoms with Crippen molar-refractivity contribution in [1.82, 2.24) is 4.90 Å².